The molecule has 8 heteroatoms. The zero-order valence-corrected chi connectivity index (χ0v) is 17.3. The highest BCUT2D eigenvalue weighted by Crippen LogP contribution is 2.28. The molecule has 152 valence electrons. The Hall–Kier alpha value is -3.68. The first-order chi connectivity index (χ1) is 14.4. The highest BCUT2D eigenvalue weighted by molar-refractivity contribution is 5.91. The van der Waals surface area contributed by atoms with E-state index in [4.69, 9.17) is 0 Å². The predicted octanol–water partition coefficient (Wildman–Crippen LogP) is 2.48. The molecule has 0 spiro atoms. The van der Waals surface area contributed by atoms with Crippen LogP contribution in [0.2, 0.25) is 0 Å². The van der Waals surface area contributed by atoms with E-state index in [1.54, 1.807) is 19.1 Å². The van der Waals surface area contributed by atoms with Gasteiger partial charge in [-0.25, -0.2) is 9.80 Å². The van der Waals surface area contributed by atoms with Crippen LogP contribution in [0.25, 0.3) is 21.9 Å². The largest absolute Gasteiger partial charge is 0.332 e. The Bertz CT molecular complexity index is 1470. The smallest absolute Gasteiger partial charge is 0.294 e. The number of hydrazone groups is 1. The normalized spacial score (nSPS) is 16.2. The molecule has 0 amide bonds. The number of hydrogen-bond donors (Lipinski definition) is 0. The SMILES string of the molecule is CC1=NN(C)c2nc3c(c(=O)n(Cc4cccc5ccccc45)c(=O)n3C)n2[C@H]1C. The van der Waals surface area contributed by atoms with Crippen LogP contribution in [0.3, 0.4) is 0 Å². The summed E-state index contributed by atoms with van der Waals surface area (Å²) in [7, 11) is 3.45. The summed E-state index contributed by atoms with van der Waals surface area (Å²) >= 11 is 0. The van der Waals surface area contributed by atoms with Crippen LogP contribution >= 0.6 is 0 Å². The number of rotatable bonds is 2. The topological polar surface area (TPSA) is 77.4 Å². The molecule has 8 nitrogen and oxygen atoms in total. The second-order valence-corrected chi connectivity index (χ2v) is 7.77. The lowest BCUT2D eigenvalue weighted by atomic mass is 10.0. The zero-order valence-electron chi connectivity index (χ0n) is 17.3. The second-order valence-electron chi connectivity index (χ2n) is 7.77. The summed E-state index contributed by atoms with van der Waals surface area (Å²) in [5, 5.41) is 8.23. The van der Waals surface area contributed by atoms with E-state index in [1.807, 2.05) is 60.9 Å². The zero-order chi connectivity index (χ0) is 21.2. The van der Waals surface area contributed by atoms with Crippen molar-refractivity contribution >= 4 is 33.6 Å². The Kier molecular flexibility index (Phi) is 3.92. The maximum atomic E-state index is 13.6. The first-order valence-corrected chi connectivity index (χ1v) is 9.85. The van der Waals surface area contributed by atoms with E-state index in [0.29, 0.717) is 17.1 Å². The molecule has 1 aliphatic rings. The van der Waals surface area contributed by atoms with Crippen molar-refractivity contribution in [1.29, 1.82) is 0 Å². The van der Waals surface area contributed by atoms with E-state index < -0.39 is 0 Å². The van der Waals surface area contributed by atoms with Crippen molar-refractivity contribution in [2.24, 2.45) is 12.1 Å². The molecule has 0 saturated carbocycles. The Morgan fingerprint density at radius 3 is 2.57 bits per heavy atom. The molecular formula is C22H22N6O2. The average Bonchev–Trinajstić information content (AvgIpc) is 3.15. The number of aromatic nitrogens is 4. The lowest BCUT2D eigenvalue weighted by Gasteiger charge is -2.26. The second kappa shape index (κ2) is 6.41. The van der Waals surface area contributed by atoms with Crippen LogP contribution in [-0.2, 0) is 13.6 Å². The van der Waals surface area contributed by atoms with Crippen LogP contribution in [0.5, 0.6) is 0 Å². The molecule has 5 rings (SSSR count). The number of hydrogen-bond acceptors (Lipinski definition) is 5. The fourth-order valence-electron chi connectivity index (χ4n) is 4.22. The van der Waals surface area contributed by atoms with Gasteiger partial charge in [-0.2, -0.15) is 10.1 Å². The standard InChI is InChI=1S/C22H22N6O2/c1-13-14(2)28-18-19(23-21(28)26(4)24-13)25(3)22(30)27(20(18)29)12-16-10-7-9-15-8-5-6-11-17(15)16/h5-11,14H,12H2,1-4H3/t14-/m0/s1. The summed E-state index contributed by atoms with van der Waals surface area (Å²) in [5.74, 6) is 0.554. The van der Waals surface area contributed by atoms with Gasteiger partial charge in [0.05, 0.1) is 18.3 Å². The molecule has 4 aromatic rings. The Morgan fingerprint density at radius 1 is 1.03 bits per heavy atom. The lowest BCUT2D eigenvalue weighted by molar-refractivity contribution is 0.639. The van der Waals surface area contributed by atoms with Crippen molar-refractivity contribution in [3.8, 4) is 0 Å². The van der Waals surface area contributed by atoms with Crippen LogP contribution in [-0.4, -0.2) is 31.4 Å². The Labute approximate surface area is 172 Å². The van der Waals surface area contributed by atoms with Gasteiger partial charge in [-0.1, -0.05) is 42.5 Å². The van der Waals surface area contributed by atoms with Gasteiger partial charge in [-0.05, 0) is 30.2 Å². The average molecular weight is 402 g/mol. The first-order valence-electron chi connectivity index (χ1n) is 9.85. The van der Waals surface area contributed by atoms with E-state index >= 15 is 0 Å². The minimum absolute atomic E-state index is 0.127. The van der Waals surface area contributed by atoms with Gasteiger partial charge in [-0.15, -0.1) is 0 Å². The molecule has 30 heavy (non-hydrogen) atoms. The van der Waals surface area contributed by atoms with Gasteiger partial charge in [0.1, 0.15) is 0 Å². The van der Waals surface area contributed by atoms with Crippen molar-refractivity contribution < 1.29 is 0 Å². The van der Waals surface area contributed by atoms with Gasteiger partial charge in [0, 0.05) is 14.1 Å². The Balaban J connectivity index is 1.79. The van der Waals surface area contributed by atoms with E-state index in [1.165, 1.54) is 9.13 Å². The molecule has 0 bridgehead atoms. The molecule has 2 aromatic heterocycles. The van der Waals surface area contributed by atoms with Gasteiger partial charge in [0.2, 0.25) is 5.95 Å². The van der Waals surface area contributed by atoms with E-state index in [-0.39, 0.29) is 23.8 Å². The molecule has 0 unspecified atom stereocenters. The van der Waals surface area contributed by atoms with E-state index in [2.05, 4.69) is 10.1 Å². The maximum Gasteiger partial charge on any atom is 0.332 e. The van der Waals surface area contributed by atoms with E-state index in [0.717, 1.165) is 22.0 Å². The number of aryl methyl sites for hydroxylation is 1. The minimum atomic E-state index is -0.385. The number of nitrogens with zero attached hydrogens (tertiary/aromatic N) is 6. The van der Waals surface area contributed by atoms with Crippen LogP contribution in [0.15, 0.2) is 57.2 Å². The van der Waals surface area contributed by atoms with Gasteiger partial charge < -0.3 is 0 Å². The summed E-state index contributed by atoms with van der Waals surface area (Å²) in [6, 6.07) is 13.8. The lowest BCUT2D eigenvalue weighted by Crippen LogP contribution is -2.40. The third kappa shape index (κ3) is 2.46. The molecule has 0 radical (unpaired) electrons. The van der Waals surface area contributed by atoms with Crippen LogP contribution in [0.1, 0.15) is 25.5 Å². The van der Waals surface area contributed by atoms with Crippen molar-refractivity contribution in [3.63, 3.8) is 0 Å². The van der Waals surface area contributed by atoms with Crippen LogP contribution < -0.4 is 16.3 Å². The first kappa shape index (κ1) is 18.4. The van der Waals surface area contributed by atoms with Crippen molar-refractivity contribution in [1.82, 2.24) is 18.7 Å². The maximum absolute atomic E-state index is 13.6. The van der Waals surface area contributed by atoms with Crippen molar-refractivity contribution in [2.45, 2.75) is 26.4 Å². The van der Waals surface area contributed by atoms with Gasteiger partial charge in [0.25, 0.3) is 5.56 Å². The predicted molar refractivity (Wildman–Crippen MR) is 119 cm³/mol. The Morgan fingerprint density at radius 2 is 1.77 bits per heavy atom. The molecule has 2 aromatic carbocycles. The van der Waals surface area contributed by atoms with Gasteiger partial charge in [0.15, 0.2) is 11.2 Å². The molecular weight excluding hydrogens is 380 g/mol. The number of benzene rings is 2. The number of fused-ring (bicyclic) bond motifs is 4. The third-order valence-electron chi connectivity index (χ3n) is 5.95. The fourth-order valence-corrected chi connectivity index (χ4v) is 4.22. The summed E-state index contributed by atoms with van der Waals surface area (Å²) in [6.45, 7) is 4.10. The van der Waals surface area contributed by atoms with E-state index in [9.17, 15) is 9.59 Å². The molecule has 0 fully saturated rings. The summed E-state index contributed by atoms with van der Waals surface area (Å²) in [5.41, 5.74) is 1.86. The summed E-state index contributed by atoms with van der Waals surface area (Å²) < 4.78 is 4.62. The highest BCUT2D eigenvalue weighted by Gasteiger charge is 2.29. The van der Waals surface area contributed by atoms with Crippen LogP contribution in [0, 0.1) is 0 Å². The fraction of sp³-hybridized carbons (Fsp3) is 0.273. The quantitative estimate of drug-likeness (QED) is 0.516. The molecule has 0 N–H and O–H groups in total. The molecule has 1 aliphatic heterocycles. The van der Waals surface area contributed by atoms with Crippen LogP contribution in [0.4, 0.5) is 5.95 Å². The third-order valence-corrected chi connectivity index (χ3v) is 5.95. The molecule has 0 aliphatic carbocycles. The summed E-state index contributed by atoms with van der Waals surface area (Å²) in [4.78, 5) is 31.3. The minimum Gasteiger partial charge on any atom is -0.294 e. The molecule has 0 saturated heterocycles. The van der Waals surface area contributed by atoms with Gasteiger partial charge >= 0.3 is 5.69 Å². The van der Waals surface area contributed by atoms with Crippen molar-refractivity contribution in [3.05, 3.63) is 68.9 Å². The highest BCUT2D eigenvalue weighted by atomic mass is 16.2. The number of anilines is 1. The number of imidazole rings is 1. The molecule has 1 atom stereocenters. The summed E-state index contributed by atoms with van der Waals surface area (Å²) in [6.07, 6.45) is 0. The van der Waals surface area contributed by atoms with Crippen molar-refractivity contribution in [2.75, 3.05) is 12.1 Å². The monoisotopic (exact) mass is 402 g/mol. The van der Waals surface area contributed by atoms with Gasteiger partial charge in [-0.3, -0.25) is 18.5 Å². The molecule has 3 heterocycles.